The van der Waals surface area contributed by atoms with E-state index in [2.05, 4.69) is 55.4 Å². The van der Waals surface area contributed by atoms with Crippen molar-refractivity contribution in [3.05, 3.63) is 0 Å². The van der Waals surface area contributed by atoms with Crippen LogP contribution in [0.4, 0.5) is 0 Å². The highest BCUT2D eigenvalue weighted by Crippen LogP contribution is 2.45. The van der Waals surface area contributed by atoms with Crippen LogP contribution < -0.4 is 0 Å². The summed E-state index contributed by atoms with van der Waals surface area (Å²) in [7, 11) is -9.93. The summed E-state index contributed by atoms with van der Waals surface area (Å²) in [6, 6.07) is 0. The van der Waals surface area contributed by atoms with Crippen molar-refractivity contribution in [2.75, 3.05) is 39.6 Å². The second-order valence-corrected chi connectivity index (χ2v) is 35.0. The molecule has 612 valence electrons. The van der Waals surface area contributed by atoms with Gasteiger partial charge in [-0.3, -0.25) is 37.3 Å². The van der Waals surface area contributed by atoms with Gasteiger partial charge < -0.3 is 33.8 Å². The van der Waals surface area contributed by atoms with Gasteiger partial charge in [0.15, 0.2) is 12.2 Å². The van der Waals surface area contributed by atoms with Crippen molar-refractivity contribution in [3.8, 4) is 0 Å². The van der Waals surface area contributed by atoms with Gasteiger partial charge in [-0.2, -0.15) is 0 Å². The van der Waals surface area contributed by atoms with Crippen LogP contribution in [0.2, 0.25) is 0 Å². The molecule has 2 unspecified atom stereocenters. The van der Waals surface area contributed by atoms with Crippen molar-refractivity contribution >= 4 is 39.5 Å². The molecule has 0 amide bonds. The average molecular weight is 1510 g/mol. The summed E-state index contributed by atoms with van der Waals surface area (Å²) in [4.78, 5) is 73.1. The zero-order chi connectivity index (χ0) is 76.0. The Morgan fingerprint density at radius 3 is 0.602 bits per heavy atom. The second-order valence-electron chi connectivity index (χ2n) is 32.1. The number of ether oxygens (including phenoxy) is 4. The van der Waals surface area contributed by atoms with E-state index in [0.717, 1.165) is 114 Å². The van der Waals surface area contributed by atoms with Crippen LogP contribution in [0.25, 0.3) is 0 Å². The summed E-state index contributed by atoms with van der Waals surface area (Å²) in [6.07, 6.45) is 61.3. The maximum Gasteiger partial charge on any atom is 0.472 e. The normalized spacial score (nSPS) is 14.0. The van der Waals surface area contributed by atoms with Gasteiger partial charge in [0, 0.05) is 25.7 Å². The molecule has 103 heavy (non-hydrogen) atoms. The van der Waals surface area contributed by atoms with Crippen LogP contribution in [0.3, 0.4) is 0 Å². The highest BCUT2D eigenvalue weighted by molar-refractivity contribution is 7.47. The van der Waals surface area contributed by atoms with Crippen molar-refractivity contribution in [1.29, 1.82) is 0 Å². The molecule has 17 nitrogen and oxygen atoms in total. The van der Waals surface area contributed by atoms with Gasteiger partial charge in [-0.25, -0.2) is 9.13 Å². The third-order valence-corrected chi connectivity index (χ3v) is 21.5. The van der Waals surface area contributed by atoms with Gasteiger partial charge in [0.25, 0.3) is 0 Å². The fourth-order valence-electron chi connectivity index (χ4n) is 13.0. The maximum absolute atomic E-state index is 13.1. The lowest BCUT2D eigenvalue weighted by atomic mass is 10.0. The minimum Gasteiger partial charge on any atom is -0.462 e. The molecule has 0 saturated carbocycles. The van der Waals surface area contributed by atoms with E-state index in [-0.39, 0.29) is 25.7 Å². The Hall–Kier alpha value is -1.94. The van der Waals surface area contributed by atoms with E-state index in [1.54, 1.807) is 0 Å². The zero-order valence-corrected chi connectivity index (χ0v) is 69.7. The largest absolute Gasteiger partial charge is 0.472 e. The van der Waals surface area contributed by atoms with E-state index in [1.807, 2.05) is 0 Å². The van der Waals surface area contributed by atoms with Crippen molar-refractivity contribution in [3.63, 3.8) is 0 Å². The van der Waals surface area contributed by atoms with Gasteiger partial charge in [0.05, 0.1) is 26.4 Å². The van der Waals surface area contributed by atoms with Crippen LogP contribution in [0.15, 0.2) is 0 Å². The second kappa shape index (κ2) is 72.9. The molecule has 0 spiro atoms. The molecule has 19 heteroatoms. The molecule has 0 heterocycles. The van der Waals surface area contributed by atoms with Crippen LogP contribution in [0.1, 0.15) is 434 Å². The fourth-order valence-corrected chi connectivity index (χ4v) is 14.5. The molecule has 0 saturated heterocycles. The SMILES string of the molecule is CC(C)CCCCCCCCCCCCCCCCCCCCC(=O)O[C@H](COC(=O)CCCCCCCCCCCCCCCCC(C)C)COP(=O)(O)OC[C@@H](O)COP(=O)(O)OC[C@@H](COC(=O)CCCCCCCCC(C)C)OC(=O)CCCCCCCCCCCCCCCC(C)C. The van der Waals surface area contributed by atoms with Crippen LogP contribution in [-0.2, 0) is 65.4 Å². The van der Waals surface area contributed by atoms with Crippen LogP contribution >= 0.6 is 15.6 Å². The monoisotopic (exact) mass is 1510 g/mol. The molecule has 0 aliphatic carbocycles. The number of rotatable bonds is 81. The van der Waals surface area contributed by atoms with Gasteiger partial charge in [0.1, 0.15) is 19.3 Å². The number of carbonyl (C=O) groups excluding carboxylic acids is 4. The average Bonchev–Trinajstić information content (AvgIpc) is 0.926. The number of phosphoric acid groups is 2. The Labute approximate surface area is 632 Å². The standard InChI is InChI=1S/C84H164O17P2/c1-74(2)60-52-44-36-30-24-18-13-11-9-10-12-14-22-28-34-40-50-58-66-83(88)100-79(70-94-81(86)64-56-48-39-33-27-21-16-15-19-25-31-37-45-53-61-75(3)4)72-98-102(90,91)96-68-78(85)69-97-103(92,93)99-73-80(71-95-82(87)65-57-49-43-42-47-55-63-77(7)8)101-84(89)67-59-51-41-35-29-23-17-20-26-32-38-46-54-62-76(5)6/h74-80,85H,9-73H2,1-8H3,(H,90,91)(H,92,93)/t78-,79-,80-/m1/s1. The highest BCUT2D eigenvalue weighted by Gasteiger charge is 2.30. The van der Waals surface area contributed by atoms with Crippen molar-refractivity contribution in [2.45, 2.75) is 453 Å². The minimum absolute atomic E-state index is 0.106. The Balaban J connectivity index is 5.22. The maximum atomic E-state index is 13.1. The molecule has 3 N–H and O–H groups in total. The van der Waals surface area contributed by atoms with Crippen molar-refractivity contribution in [1.82, 2.24) is 0 Å². The molecule has 0 bridgehead atoms. The first-order valence-corrected chi connectivity index (χ1v) is 46.2. The van der Waals surface area contributed by atoms with Gasteiger partial charge in [-0.1, -0.05) is 383 Å². The molecule has 0 aliphatic heterocycles. The van der Waals surface area contributed by atoms with Gasteiger partial charge in [-0.15, -0.1) is 0 Å². The van der Waals surface area contributed by atoms with Gasteiger partial charge >= 0.3 is 39.5 Å². The zero-order valence-electron chi connectivity index (χ0n) is 68.0. The fraction of sp³-hybridized carbons (Fsp3) is 0.952. The molecular formula is C84H164O17P2. The molecule has 0 rings (SSSR count). The molecule has 0 radical (unpaired) electrons. The Morgan fingerprint density at radius 1 is 0.243 bits per heavy atom. The highest BCUT2D eigenvalue weighted by atomic mass is 31.2. The third-order valence-electron chi connectivity index (χ3n) is 19.6. The number of carbonyl (C=O) groups is 4. The van der Waals surface area contributed by atoms with E-state index in [1.165, 1.54) is 231 Å². The molecule has 0 aliphatic rings. The van der Waals surface area contributed by atoms with E-state index < -0.39 is 97.5 Å². The lowest BCUT2D eigenvalue weighted by molar-refractivity contribution is -0.161. The number of aliphatic hydroxyl groups excluding tert-OH is 1. The van der Waals surface area contributed by atoms with E-state index in [0.29, 0.717) is 31.6 Å². The van der Waals surface area contributed by atoms with Crippen molar-refractivity contribution in [2.24, 2.45) is 23.7 Å². The van der Waals surface area contributed by atoms with Gasteiger partial charge in [-0.05, 0) is 49.4 Å². The molecule has 0 fully saturated rings. The van der Waals surface area contributed by atoms with E-state index in [9.17, 15) is 43.2 Å². The summed E-state index contributed by atoms with van der Waals surface area (Å²) >= 11 is 0. The molecule has 0 aromatic rings. The lowest BCUT2D eigenvalue weighted by Crippen LogP contribution is -2.30. The van der Waals surface area contributed by atoms with Crippen LogP contribution in [-0.4, -0.2) is 96.7 Å². The predicted molar refractivity (Wildman–Crippen MR) is 423 cm³/mol. The lowest BCUT2D eigenvalue weighted by Gasteiger charge is -2.21. The first-order valence-electron chi connectivity index (χ1n) is 43.2. The van der Waals surface area contributed by atoms with Crippen LogP contribution in [0, 0.1) is 23.7 Å². The summed E-state index contributed by atoms with van der Waals surface area (Å²) in [5, 5.41) is 10.7. The Kier molecular flexibility index (Phi) is 71.5. The summed E-state index contributed by atoms with van der Waals surface area (Å²) in [5.41, 5.74) is 0. The predicted octanol–water partition coefficient (Wildman–Crippen LogP) is 25.2. The number of esters is 4. The van der Waals surface area contributed by atoms with Gasteiger partial charge in [0.2, 0.25) is 0 Å². The van der Waals surface area contributed by atoms with E-state index >= 15 is 0 Å². The summed E-state index contributed by atoms with van der Waals surface area (Å²) < 4.78 is 68.8. The summed E-state index contributed by atoms with van der Waals surface area (Å²) in [6.45, 7) is 14.3. The quantitative estimate of drug-likeness (QED) is 0.0222. The first-order chi connectivity index (χ1) is 49.6. The number of unbranched alkanes of at least 4 members (excludes halogenated alkanes) is 47. The number of hydrogen-bond acceptors (Lipinski definition) is 15. The Bertz CT molecular complexity index is 2010. The molecule has 5 atom stereocenters. The molecule has 0 aromatic heterocycles. The number of aliphatic hydroxyl groups is 1. The molecule has 0 aromatic carbocycles. The Morgan fingerprint density at radius 2 is 0.408 bits per heavy atom. The summed E-state index contributed by atoms with van der Waals surface area (Å²) in [5.74, 6) is 0.973. The smallest absolute Gasteiger partial charge is 0.462 e. The molecular weight excluding hydrogens is 1340 g/mol. The van der Waals surface area contributed by atoms with Crippen LogP contribution in [0.5, 0.6) is 0 Å². The minimum atomic E-state index is -4.97. The topological polar surface area (TPSA) is 237 Å². The number of phosphoric ester groups is 2. The van der Waals surface area contributed by atoms with Crippen molar-refractivity contribution < 1.29 is 80.2 Å². The van der Waals surface area contributed by atoms with E-state index in [4.69, 9.17) is 37.0 Å². The third kappa shape index (κ3) is 78.0. The number of hydrogen-bond donors (Lipinski definition) is 3. The first kappa shape index (κ1) is 101.